The van der Waals surface area contributed by atoms with Crippen molar-refractivity contribution in [3.63, 3.8) is 0 Å². The smallest absolute Gasteiger partial charge is 0.726 e. The fraction of sp³-hybridized carbons (Fsp3) is 0.946. The molecule has 16 rings (SSSR count). The first-order valence-electron chi connectivity index (χ1n) is 57.6. The van der Waals surface area contributed by atoms with Crippen LogP contribution < -0.4 is 150 Å². The molecule has 28 nitrogen and oxygen atoms in total. The van der Waals surface area contributed by atoms with Gasteiger partial charge in [-0.3, -0.25) is 45.5 Å². The maximum absolute atomic E-state index is 14.5. The fourth-order valence-corrected chi connectivity index (χ4v) is 41.5. The molecule has 0 aromatic rings. The molecule has 147 heavy (non-hydrogen) atoms. The molecule has 16 aliphatic carbocycles. The van der Waals surface area contributed by atoms with Crippen LogP contribution in [0.25, 0.3) is 0 Å². The van der Waals surface area contributed by atoms with E-state index in [0.29, 0.717) is 278 Å². The topological polar surface area (TPSA) is 440 Å². The number of amides is 6. The number of hydrogen-bond donors (Lipinski definition) is 6. The Kier molecular flexibility index (Phi) is 43.9. The minimum Gasteiger partial charge on any atom is -0.726 e. The molecular weight excluding hydrogens is 1990 g/mol. The standard InChI is InChI=1S/C111H186N6O22S4.4Na/c1-68(84-32-36-88-80-28-24-72-64-76(136-140(124,125)126)44-52-104(72,5)92(80)48-56-108(84,88)9)20-40-98(118)112-62-16-18-96(116-100(120)42-22-70(3)86-34-38-90-82-30-26-74-66-78(138-142(130,131)132)46-54-106(74,7)94(82)50-58-110(86,90)11)102(122)114-60-14-13-15-61-115-103(123)97(117-101(121)43-23-71(4)87-35-39-91-83-31-27-75-67-79(139-143(133,134)135)47-55-107(75,8)95(83)51-59-111(87,91)12)19-17-63-113-99(119)41-21-69(2)85-33-37-89-81-29-25-73-65-77(137-141(127,128)129)45-53-105(73,6)93(81)49-57-109(85,89)10;;;;/h68-97H,13-67H2,1-12H3,(H,112,118)(H,113,119)(H,114,122)(H,115,123)(H,116,120)(H,117,121)(H,124,125,126)(H,127,128,129)(H,130,131,132)(H,133,134,135);;;;/q;4*+1/p-4/t68-,69-,70-,71-,72-,73-,74-,75-,76-,77-,78-,79-,80?,81?,82?,83?,84-,85-,86-,87-,88?,89?,90?,91?,92?,93?,94?,95?,96?,97?,104+,105+,106+,107+,108-,109-,110-,111-;;;;/m1..../s1. The van der Waals surface area contributed by atoms with Gasteiger partial charge in [-0.25, -0.2) is 33.7 Å². The molecule has 0 radical (unpaired) electrons. The van der Waals surface area contributed by atoms with Gasteiger partial charge in [0.05, 0.1) is 24.4 Å². The molecule has 14 unspecified atom stereocenters. The Hall–Kier alpha value is 0.300. The Morgan fingerprint density at radius 3 is 0.721 bits per heavy atom. The van der Waals surface area contributed by atoms with Gasteiger partial charge in [-0.1, -0.05) is 83.1 Å². The van der Waals surface area contributed by atoms with Gasteiger partial charge in [-0.15, -0.1) is 0 Å². The molecule has 0 saturated heterocycles. The Bertz CT molecular complexity index is 4670. The van der Waals surface area contributed by atoms with Crippen LogP contribution >= 0.6 is 0 Å². The van der Waals surface area contributed by atoms with Crippen LogP contribution in [0.3, 0.4) is 0 Å². The number of hydrogen-bond acceptors (Lipinski definition) is 22. The zero-order valence-corrected chi connectivity index (χ0v) is 104. The van der Waals surface area contributed by atoms with Gasteiger partial charge in [-0.2, -0.15) is 0 Å². The summed E-state index contributed by atoms with van der Waals surface area (Å²) in [6.07, 6.45) is 40.2. The Balaban J connectivity index is 0.00000480. The summed E-state index contributed by atoms with van der Waals surface area (Å²) < 4.78 is 160. The van der Waals surface area contributed by atoms with Crippen LogP contribution in [0, 0.1) is 185 Å². The van der Waals surface area contributed by atoms with E-state index in [9.17, 15) is 80.6 Å². The molecule has 816 valence electrons. The van der Waals surface area contributed by atoms with Crippen molar-refractivity contribution >= 4 is 77.0 Å². The second-order valence-electron chi connectivity index (χ2n) is 53.1. The van der Waals surface area contributed by atoms with Crippen molar-refractivity contribution in [3.05, 3.63) is 0 Å². The van der Waals surface area contributed by atoms with Crippen molar-refractivity contribution in [2.45, 2.75) is 447 Å². The predicted octanol–water partition coefficient (Wildman–Crippen LogP) is 6.85. The number of unbranched alkanes of at least 4 members (excludes halogenated alkanes) is 2. The van der Waals surface area contributed by atoms with E-state index in [0.717, 1.165) is 180 Å². The molecule has 0 spiro atoms. The third-order valence-electron chi connectivity index (χ3n) is 46.6. The molecule has 36 heteroatoms. The van der Waals surface area contributed by atoms with E-state index in [1.807, 2.05) is 0 Å². The van der Waals surface area contributed by atoms with E-state index in [4.69, 9.17) is 16.7 Å². The van der Waals surface area contributed by atoms with Crippen LogP contribution in [0.15, 0.2) is 0 Å². The monoisotopic (exact) mass is 2170 g/mol. The first-order chi connectivity index (χ1) is 67.3. The van der Waals surface area contributed by atoms with Crippen LogP contribution in [0.1, 0.15) is 411 Å². The summed E-state index contributed by atoms with van der Waals surface area (Å²) >= 11 is 0. The fourth-order valence-electron chi connectivity index (χ4n) is 39.4. The molecular formula is C111H182N6Na4O22S4. The van der Waals surface area contributed by atoms with Crippen molar-refractivity contribution in [1.82, 2.24) is 31.9 Å². The first kappa shape index (κ1) is 126. The van der Waals surface area contributed by atoms with E-state index in [1.165, 1.54) is 12.8 Å². The van der Waals surface area contributed by atoms with Gasteiger partial charge in [0.2, 0.25) is 77.0 Å². The summed E-state index contributed by atoms with van der Waals surface area (Å²) in [7, 11) is -19.1. The second kappa shape index (κ2) is 51.3. The van der Waals surface area contributed by atoms with Gasteiger partial charge < -0.3 is 50.1 Å². The zero-order chi connectivity index (χ0) is 103. The van der Waals surface area contributed by atoms with E-state index in [-0.39, 0.29) is 222 Å². The maximum atomic E-state index is 14.5. The normalized spacial score (nSPS) is 40.9. The molecule has 6 amide bonds. The first-order valence-corrected chi connectivity index (χ1v) is 62.9. The van der Waals surface area contributed by atoms with Crippen molar-refractivity contribution < 1.29 is 216 Å². The van der Waals surface area contributed by atoms with E-state index in [1.54, 1.807) is 0 Å². The Morgan fingerprint density at radius 1 is 0.265 bits per heavy atom. The maximum Gasteiger partial charge on any atom is 1.00 e. The number of carbonyl (C=O) groups is 6. The van der Waals surface area contributed by atoms with Crippen molar-refractivity contribution in [2.75, 3.05) is 26.2 Å². The van der Waals surface area contributed by atoms with Crippen LogP contribution in [0.4, 0.5) is 0 Å². The molecule has 16 saturated carbocycles. The minimum absolute atomic E-state index is 0. The molecule has 0 bridgehead atoms. The third-order valence-corrected chi connectivity index (χ3v) is 48.6. The average Bonchev–Trinajstić information content (AvgIpc) is 1.66. The summed E-state index contributed by atoms with van der Waals surface area (Å²) in [4.78, 5) is 85.7. The van der Waals surface area contributed by atoms with Gasteiger partial charge in [-0.05, 0) is 487 Å². The summed E-state index contributed by atoms with van der Waals surface area (Å²) in [5.74, 6) is 10.2. The van der Waals surface area contributed by atoms with Gasteiger partial charge in [0.1, 0.15) is 12.1 Å². The van der Waals surface area contributed by atoms with Gasteiger partial charge in [0, 0.05) is 51.9 Å². The molecule has 16 aliphatic rings. The molecule has 16 fully saturated rings. The summed E-state index contributed by atoms with van der Waals surface area (Å²) in [6, 6.07) is -1.68. The van der Waals surface area contributed by atoms with E-state index in [2.05, 4.69) is 115 Å². The summed E-state index contributed by atoms with van der Waals surface area (Å²) in [5, 5.41) is 19.0. The molecule has 38 atom stereocenters. The van der Waals surface area contributed by atoms with Crippen molar-refractivity contribution in [3.8, 4) is 0 Å². The van der Waals surface area contributed by atoms with Gasteiger partial charge in [0.25, 0.3) is 0 Å². The summed E-state index contributed by atoms with van der Waals surface area (Å²) in [5.41, 5.74) is 0.893. The van der Waals surface area contributed by atoms with Crippen LogP contribution in [-0.2, 0) is 87.1 Å². The number of carbonyl (C=O) groups excluding carboxylic acids is 6. The number of rotatable bonds is 42. The number of nitrogens with one attached hydrogen (secondary N) is 6. The van der Waals surface area contributed by atoms with E-state index < -0.39 is 78.1 Å². The zero-order valence-electron chi connectivity index (χ0n) is 92.8. The quantitative estimate of drug-likeness (QED) is 0.0157. The molecule has 0 heterocycles. The van der Waals surface area contributed by atoms with Gasteiger partial charge >= 0.3 is 118 Å². The van der Waals surface area contributed by atoms with Crippen LogP contribution in [0.5, 0.6) is 0 Å². The van der Waals surface area contributed by atoms with Gasteiger partial charge in [0.15, 0.2) is 0 Å². The third kappa shape index (κ3) is 28.3. The Morgan fingerprint density at radius 2 is 0.483 bits per heavy atom. The second-order valence-corrected chi connectivity index (χ2v) is 57.1. The number of fused-ring (bicyclic) bond motifs is 20. The molecule has 0 aromatic carbocycles. The summed E-state index contributed by atoms with van der Waals surface area (Å²) in [6.45, 7) is 30.3. The Labute approximate surface area is 973 Å². The minimum atomic E-state index is -4.78. The SMILES string of the molecule is C[C@H](CCC(=O)NCCCC(NC(=O)CC[C@@H](C)[C@H]1CCC2C3CC[C@@H]4C[C@H](OS(=O)(=O)[O-])CC[C@]4(C)C3CC[C@@]21C)C(=O)NCCCCCNC(=O)C(CCCNC(=O)CC[C@@H](C)[C@H]1CCC2C3CC[C@@H]4C[C@H](OS(=O)(=O)[O-])CC[C@]4(C)C3CC[C@@]21C)NC(=O)CC[C@@H](C)[C@H]1CCC2C3CC[C@@H]4C[C@H](OS(=O)(=O)[O-])CC[C@]4(C)C3CC[C@@]21C)[C@H]1CCC2C3CC[C@@H]4C[C@H](OS(=O)(=O)[O-])CC[C@]4(C)C3CC[C@@]21C.[Na+].[Na+].[Na+].[Na+]. The van der Waals surface area contributed by atoms with Crippen molar-refractivity contribution in [2.24, 2.45) is 185 Å². The predicted molar refractivity (Wildman–Crippen MR) is 541 cm³/mol. The van der Waals surface area contributed by atoms with Crippen LogP contribution in [0.2, 0.25) is 0 Å². The van der Waals surface area contributed by atoms with Crippen molar-refractivity contribution in [1.29, 1.82) is 0 Å². The average molecular weight is 2170 g/mol. The molecule has 6 N–H and O–H groups in total. The molecule has 0 aromatic heterocycles. The molecule has 0 aliphatic heterocycles. The van der Waals surface area contributed by atoms with E-state index >= 15 is 0 Å². The largest absolute Gasteiger partial charge is 1.00 e. The van der Waals surface area contributed by atoms with Crippen LogP contribution in [-0.4, -0.2) is 150 Å².